The van der Waals surface area contributed by atoms with Gasteiger partial charge in [-0.25, -0.2) is 0 Å². The van der Waals surface area contributed by atoms with E-state index in [2.05, 4.69) is 10.2 Å². The molecule has 1 heterocycles. The highest BCUT2D eigenvalue weighted by Crippen LogP contribution is 2.69. The zero-order valence-electron chi connectivity index (χ0n) is 11.3. The predicted molar refractivity (Wildman–Crippen MR) is 70.0 cm³/mol. The maximum absolute atomic E-state index is 12.7. The van der Waals surface area contributed by atoms with Crippen molar-refractivity contribution in [2.75, 3.05) is 20.1 Å². The van der Waals surface area contributed by atoms with Gasteiger partial charge in [0.25, 0.3) is 0 Å². The molecule has 4 aliphatic rings. The molecule has 0 radical (unpaired) electrons. The fourth-order valence-electron chi connectivity index (χ4n) is 5.28. The first-order valence-electron chi connectivity index (χ1n) is 7.75. The lowest BCUT2D eigenvalue weighted by Crippen LogP contribution is -2.48. The Kier molecular flexibility index (Phi) is 2.48. The largest absolute Gasteiger partial charge is 0.341 e. The van der Waals surface area contributed by atoms with E-state index >= 15 is 0 Å². The molecule has 1 amide bonds. The first-order valence-corrected chi connectivity index (χ1v) is 7.75. The van der Waals surface area contributed by atoms with E-state index in [9.17, 15) is 4.79 Å². The van der Waals surface area contributed by atoms with Crippen LogP contribution in [0.4, 0.5) is 0 Å². The van der Waals surface area contributed by atoms with Gasteiger partial charge in [0.05, 0.1) is 0 Å². The quantitative estimate of drug-likeness (QED) is 0.803. The second-order valence-electron chi connectivity index (χ2n) is 6.93. The number of nitrogens with one attached hydrogen (secondary N) is 1. The number of piperidine rings is 1. The summed E-state index contributed by atoms with van der Waals surface area (Å²) in [6.45, 7) is 1.95. The molecule has 5 atom stereocenters. The normalized spacial score (nSPS) is 49.3. The molecule has 0 aromatic heterocycles. The number of fused-ring (bicyclic) bond motifs is 5. The maximum Gasteiger partial charge on any atom is 0.226 e. The van der Waals surface area contributed by atoms with Crippen LogP contribution in [0.2, 0.25) is 0 Å². The van der Waals surface area contributed by atoms with E-state index in [0.29, 0.717) is 17.9 Å². The summed E-state index contributed by atoms with van der Waals surface area (Å²) in [6.07, 6.45) is 6.66. The first kappa shape index (κ1) is 11.3. The molecule has 2 bridgehead atoms. The lowest BCUT2D eigenvalue weighted by Gasteiger charge is -2.33. The van der Waals surface area contributed by atoms with Gasteiger partial charge in [0, 0.05) is 25.0 Å². The lowest BCUT2D eigenvalue weighted by atomic mass is 10.00. The second kappa shape index (κ2) is 3.96. The Hall–Kier alpha value is -0.570. The van der Waals surface area contributed by atoms with Crippen LogP contribution in [-0.4, -0.2) is 37.0 Å². The Labute approximate surface area is 109 Å². The van der Waals surface area contributed by atoms with Crippen LogP contribution in [0.25, 0.3) is 0 Å². The zero-order chi connectivity index (χ0) is 12.3. The van der Waals surface area contributed by atoms with Gasteiger partial charge in [0.2, 0.25) is 5.91 Å². The van der Waals surface area contributed by atoms with Gasteiger partial charge in [-0.1, -0.05) is 0 Å². The van der Waals surface area contributed by atoms with Crippen molar-refractivity contribution in [1.29, 1.82) is 0 Å². The van der Waals surface area contributed by atoms with Gasteiger partial charge in [0.1, 0.15) is 0 Å². The minimum atomic E-state index is 0.437. The van der Waals surface area contributed by atoms with E-state index in [4.69, 9.17) is 0 Å². The van der Waals surface area contributed by atoms with Crippen LogP contribution in [-0.2, 0) is 4.79 Å². The molecule has 3 aliphatic carbocycles. The van der Waals surface area contributed by atoms with Gasteiger partial charge in [-0.2, -0.15) is 0 Å². The van der Waals surface area contributed by atoms with Gasteiger partial charge >= 0.3 is 0 Å². The SMILES string of the molecule is CNC1CCCN(C(=O)C2C3C4CCC(C4)C23)C1. The van der Waals surface area contributed by atoms with Gasteiger partial charge in [0.15, 0.2) is 0 Å². The van der Waals surface area contributed by atoms with Crippen molar-refractivity contribution in [1.82, 2.24) is 10.2 Å². The number of amides is 1. The number of rotatable bonds is 2. The van der Waals surface area contributed by atoms with Crippen molar-refractivity contribution in [2.45, 2.75) is 38.1 Å². The molecule has 3 nitrogen and oxygen atoms in total. The monoisotopic (exact) mass is 248 g/mol. The molecule has 0 spiro atoms. The van der Waals surface area contributed by atoms with E-state index < -0.39 is 0 Å². The van der Waals surface area contributed by atoms with Crippen LogP contribution >= 0.6 is 0 Å². The smallest absolute Gasteiger partial charge is 0.226 e. The Morgan fingerprint density at radius 1 is 1.17 bits per heavy atom. The van der Waals surface area contributed by atoms with Crippen molar-refractivity contribution in [2.24, 2.45) is 29.6 Å². The van der Waals surface area contributed by atoms with Gasteiger partial charge < -0.3 is 10.2 Å². The molecular formula is C15H24N2O. The fraction of sp³-hybridized carbons (Fsp3) is 0.933. The maximum atomic E-state index is 12.7. The molecule has 3 heteroatoms. The highest BCUT2D eigenvalue weighted by molar-refractivity contribution is 5.83. The Morgan fingerprint density at radius 2 is 1.89 bits per heavy atom. The Morgan fingerprint density at radius 3 is 2.56 bits per heavy atom. The summed E-state index contributed by atoms with van der Waals surface area (Å²) in [5.41, 5.74) is 0. The molecule has 18 heavy (non-hydrogen) atoms. The van der Waals surface area contributed by atoms with Crippen molar-refractivity contribution in [3.8, 4) is 0 Å². The Bertz CT molecular complexity index is 354. The van der Waals surface area contributed by atoms with Crippen LogP contribution in [0.1, 0.15) is 32.1 Å². The average molecular weight is 248 g/mol. The minimum absolute atomic E-state index is 0.437. The number of hydrogen-bond acceptors (Lipinski definition) is 2. The molecule has 3 saturated carbocycles. The third-order valence-corrected chi connectivity index (χ3v) is 6.16. The van der Waals surface area contributed by atoms with Crippen molar-refractivity contribution < 1.29 is 4.79 Å². The number of hydrogen-bond donors (Lipinski definition) is 1. The molecule has 0 aromatic carbocycles. The minimum Gasteiger partial charge on any atom is -0.341 e. The van der Waals surface area contributed by atoms with Crippen LogP contribution in [0.15, 0.2) is 0 Å². The summed E-state index contributed by atoms with van der Waals surface area (Å²) in [6, 6.07) is 0.526. The summed E-state index contributed by atoms with van der Waals surface area (Å²) in [7, 11) is 2.02. The number of carbonyl (C=O) groups is 1. The van der Waals surface area contributed by atoms with Crippen molar-refractivity contribution in [3.05, 3.63) is 0 Å². The topological polar surface area (TPSA) is 32.3 Å². The number of nitrogens with zero attached hydrogens (tertiary/aromatic N) is 1. The van der Waals surface area contributed by atoms with Crippen LogP contribution < -0.4 is 5.32 Å². The standard InChI is InChI=1S/C15H24N2O/c1-16-11-3-2-6-17(8-11)15(18)14-12-9-4-5-10(7-9)13(12)14/h9-14,16H,2-8H2,1H3. The zero-order valence-corrected chi connectivity index (χ0v) is 11.3. The predicted octanol–water partition coefficient (Wildman–Crippen LogP) is 1.49. The summed E-state index contributed by atoms with van der Waals surface area (Å²) < 4.78 is 0. The van der Waals surface area contributed by atoms with E-state index in [1.54, 1.807) is 0 Å². The molecule has 100 valence electrons. The number of likely N-dealkylation sites (tertiary alicyclic amines) is 1. The van der Waals surface area contributed by atoms with E-state index in [0.717, 1.165) is 36.8 Å². The molecule has 1 aliphatic heterocycles. The average Bonchev–Trinajstić information content (AvgIpc) is 2.85. The van der Waals surface area contributed by atoms with Gasteiger partial charge in [-0.3, -0.25) is 4.79 Å². The highest BCUT2D eigenvalue weighted by atomic mass is 16.2. The van der Waals surface area contributed by atoms with Gasteiger partial charge in [-0.15, -0.1) is 0 Å². The van der Waals surface area contributed by atoms with Crippen LogP contribution in [0.3, 0.4) is 0 Å². The lowest BCUT2D eigenvalue weighted by molar-refractivity contribution is -0.135. The molecule has 4 rings (SSSR count). The summed E-state index contributed by atoms with van der Waals surface area (Å²) in [5.74, 6) is 4.36. The molecule has 5 unspecified atom stereocenters. The van der Waals surface area contributed by atoms with Gasteiger partial charge in [-0.05, 0) is 62.8 Å². The number of likely N-dealkylation sites (N-methyl/N-ethyl adjacent to an activating group) is 1. The summed E-state index contributed by atoms with van der Waals surface area (Å²) in [4.78, 5) is 14.8. The molecular weight excluding hydrogens is 224 g/mol. The first-order chi connectivity index (χ1) is 8.79. The molecule has 0 aromatic rings. The molecule has 1 saturated heterocycles. The van der Waals surface area contributed by atoms with E-state index in [1.807, 2.05) is 7.05 Å². The fourth-order valence-corrected chi connectivity index (χ4v) is 5.28. The summed E-state index contributed by atoms with van der Waals surface area (Å²) in [5, 5.41) is 3.33. The van der Waals surface area contributed by atoms with E-state index in [1.165, 1.54) is 32.1 Å². The number of carbonyl (C=O) groups excluding carboxylic acids is 1. The van der Waals surface area contributed by atoms with Crippen molar-refractivity contribution in [3.63, 3.8) is 0 Å². The molecule has 4 fully saturated rings. The third kappa shape index (κ3) is 1.49. The third-order valence-electron chi connectivity index (χ3n) is 6.16. The van der Waals surface area contributed by atoms with Crippen molar-refractivity contribution >= 4 is 5.91 Å². The van der Waals surface area contributed by atoms with Crippen LogP contribution in [0.5, 0.6) is 0 Å². The highest BCUT2D eigenvalue weighted by Gasteiger charge is 2.68. The Balaban J connectivity index is 1.42. The van der Waals surface area contributed by atoms with Crippen LogP contribution in [0, 0.1) is 29.6 Å². The summed E-state index contributed by atoms with van der Waals surface area (Å²) >= 11 is 0. The van der Waals surface area contributed by atoms with E-state index in [-0.39, 0.29) is 0 Å². The second-order valence-corrected chi connectivity index (χ2v) is 6.93. The molecule has 1 N–H and O–H groups in total.